The third kappa shape index (κ3) is 3.86. The maximum absolute atomic E-state index is 12.0. The van der Waals surface area contributed by atoms with Crippen LogP contribution >= 0.6 is 0 Å². The molecule has 1 aromatic rings. The van der Waals surface area contributed by atoms with Gasteiger partial charge in [0, 0.05) is 5.69 Å². The Morgan fingerprint density at radius 2 is 1.94 bits per heavy atom. The fourth-order valence-electron chi connectivity index (χ4n) is 1.61. The van der Waals surface area contributed by atoms with Gasteiger partial charge in [-0.3, -0.25) is 4.79 Å². The molecular formula is C14H19N3O. The van der Waals surface area contributed by atoms with Crippen LogP contribution in [0.2, 0.25) is 0 Å². The Balaban J connectivity index is 2.68. The molecule has 0 bridgehead atoms. The Morgan fingerprint density at radius 1 is 1.33 bits per heavy atom. The van der Waals surface area contributed by atoms with Gasteiger partial charge >= 0.3 is 0 Å². The molecule has 0 fully saturated rings. The summed E-state index contributed by atoms with van der Waals surface area (Å²) in [5.41, 5.74) is 1.09. The Hall–Kier alpha value is -1.86. The van der Waals surface area contributed by atoms with E-state index in [1.54, 1.807) is 0 Å². The fraction of sp³-hybridized carbons (Fsp3) is 0.429. The number of carbonyl (C=O) groups is 1. The van der Waals surface area contributed by atoms with Crippen LogP contribution in [0.4, 0.5) is 5.69 Å². The molecule has 1 rings (SSSR count). The van der Waals surface area contributed by atoms with E-state index in [1.165, 1.54) is 0 Å². The highest BCUT2D eigenvalue weighted by Gasteiger charge is 2.25. The van der Waals surface area contributed by atoms with Gasteiger partial charge in [0.05, 0.1) is 18.0 Å². The SMILES string of the molecule is CCNC(C)(C)C(=O)Nc1ccc(CC#N)cc1. The lowest BCUT2D eigenvalue weighted by molar-refractivity contribution is -0.121. The summed E-state index contributed by atoms with van der Waals surface area (Å²) in [7, 11) is 0. The molecular weight excluding hydrogens is 226 g/mol. The van der Waals surface area contributed by atoms with Crippen LogP contribution in [0.3, 0.4) is 0 Å². The minimum Gasteiger partial charge on any atom is -0.325 e. The van der Waals surface area contributed by atoms with Crippen molar-refractivity contribution in [3.8, 4) is 6.07 Å². The maximum atomic E-state index is 12.0. The second kappa shape index (κ2) is 6.18. The quantitative estimate of drug-likeness (QED) is 0.834. The highest BCUT2D eigenvalue weighted by molar-refractivity contribution is 5.97. The largest absolute Gasteiger partial charge is 0.325 e. The number of likely N-dealkylation sites (N-methyl/N-ethyl adjacent to an activating group) is 1. The van der Waals surface area contributed by atoms with E-state index in [1.807, 2.05) is 45.0 Å². The number of carbonyl (C=O) groups excluding carboxylic acids is 1. The molecule has 0 unspecified atom stereocenters. The lowest BCUT2D eigenvalue weighted by Gasteiger charge is -2.24. The van der Waals surface area contributed by atoms with Crippen molar-refractivity contribution in [2.75, 3.05) is 11.9 Å². The predicted octanol–water partition coefficient (Wildman–Crippen LogP) is 2.08. The van der Waals surface area contributed by atoms with Crippen LogP contribution in [-0.2, 0) is 11.2 Å². The van der Waals surface area contributed by atoms with Crippen LogP contribution in [-0.4, -0.2) is 18.0 Å². The van der Waals surface area contributed by atoms with Crippen molar-refractivity contribution in [1.29, 1.82) is 5.26 Å². The van der Waals surface area contributed by atoms with Crippen molar-refractivity contribution in [1.82, 2.24) is 5.32 Å². The van der Waals surface area contributed by atoms with Gasteiger partial charge in [-0.15, -0.1) is 0 Å². The van der Waals surface area contributed by atoms with Crippen molar-refractivity contribution >= 4 is 11.6 Å². The molecule has 0 aliphatic heterocycles. The van der Waals surface area contributed by atoms with Crippen LogP contribution in [0.1, 0.15) is 26.3 Å². The van der Waals surface area contributed by atoms with E-state index in [0.717, 1.165) is 17.8 Å². The molecule has 18 heavy (non-hydrogen) atoms. The topological polar surface area (TPSA) is 64.9 Å². The van der Waals surface area contributed by atoms with Gasteiger partial charge in [-0.25, -0.2) is 0 Å². The van der Waals surface area contributed by atoms with Crippen LogP contribution in [0.25, 0.3) is 0 Å². The van der Waals surface area contributed by atoms with Gasteiger partial charge in [0.2, 0.25) is 5.91 Å². The fourth-order valence-corrected chi connectivity index (χ4v) is 1.61. The van der Waals surface area contributed by atoms with Crippen molar-refractivity contribution < 1.29 is 4.79 Å². The maximum Gasteiger partial charge on any atom is 0.244 e. The Labute approximate surface area is 108 Å². The number of amides is 1. The molecule has 96 valence electrons. The summed E-state index contributed by atoms with van der Waals surface area (Å²) in [5, 5.41) is 14.5. The number of nitriles is 1. The molecule has 2 N–H and O–H groups in total. The summed E-state index contributed by atoms with van der Waals surface area (Å²) >= 11 is 0. The number of nitrogens with one attached hydrogen (secondary N) is 2. The van der Waals surface area contributed by atoms with Crippen molar-refractivity contribution in [3.05, 3.63) is 29.8 Å². The van der Waals surface area contributed by atoms with Gasteiger partial charge in [-0.05, 0) is 38.1 Å². The van der Waals surface area contributed by atoms with Gasteiger partial charge in [-0.1, -0.05) is 19.1 Å². The number of anilines is 1. The average Bonchev–Trinajstić information content (AvgIpc) is 2.32. The number of hydrogen-bond acceptors (Lipinski definition) is 3. The molecule has 0 heterocycles. The van der Waals surface area contributed by atoms with E-state index < -0.39 is 5.54 Å². The molecule has 0 spiro atoms. The molecule has 1 aromatic carbocycles. The second-order valence-corrected chi connectivity index (χ2v) is 4.64. The zero-order valence-corrected chi connectivity index (χ0v) is 11.1. The number of rotatable bonds is 5. The first kappa shape index (κ1) is 14.2. The first-order chi connectivity index (χ1) is 8.49. The molecule has 4 heteroatoms. The second-order valence-electron chi connectivity index (χ2n) is 4.64. The molecule has 0 atom stereocenters. The first-order valence-electron chi connectivity index (χ1n) is 6.02. The summed E-state index contributed by atoms with van der Waals surface area (Å²) in [4.78, 5) is 12.0. The lowest BCUT2D eigenvalue weighted by Crippen LogP contribution is -2.49. The zero-order chi connectivity index (χ0) is 13.6. The molecule has 0 aliphatic carbocycles. The lowest BCUT2D eigenvalue weighted by atomic mass is 10.0. The van der Waals surface area contributed by atoms with E-state index in [2.05, 4.69) is 16.7 Å². The molecule has 1 amide bonds. The zero-order valence-electron chi connectivity index (χ0n) is 11.1. The van der Waals surface area contributed by atoms with Gasteiger partial charge in [0.25, 0.3) is 0 Å². The van der Waals surface area contributed by atoms with Gasteiger partial charge in [0.1, 0.15) is 0 Å². The highest BCUT2D eigenvalue weighted by Crippen LogP contribution is 2.12. The Bertz CT molecular complexity index is 443. The standard InChI is InChI=1S/C14H19N3O/c1-4-16-14(2,3)13(18)17-12-7-5-11(6-8-12)9-10-15/h5-8,16H,4,9H2,1-3H3,(H,17,18). The predicted molar refractivity (Wildman–Crippen MR) is 72.1 cm³/mol. The van der Waals surface area contributed by atoms with Crippen LogP contribution < -0.4 is 10.6 Å². The van der Waals surface area contributed by atoms with E-state index in [9.17, 15) is 4.79 Å². The van der Waals surface area contributed by atoms with Crippen molar-refractivity contribution in [2.24, 2.45) is 0 Å². The molecule has 0 radical (unpaired) electrons. The van der Waals surface area contributed by atoms with Crippen LogP contribution in [0, 0.1) is 11.3 Å². The van der Waals surface area contributed by atoms with Crippen molar-refractivity contribution in [3.63, 3.8) is 0 Å². The van der Waals surface area contributed by atoms with Crippen molar-refractivity contribution in [2.45, 2.75) is 32.7 Å². The molecule has 4 nitrogen and oxygen atoms in total. The summed E-state index contributed by atoms with van der Waals surface area (Å²) in [5.74, 6) is -0.0719. The summed E-state index contributed by atoms with van der Waals surface area (Å²) in [6.45, 7) is 6.39. The van der Waals surface area contributed by atoms with Gasteiger partial charge in [0.15, 0.2) is 0 Å². The molecule has 0 saturated heterocycles. The summed E-state index contributed by atoms with van der Waals surface area (Å²) in [6.07, 6.45) is 0.386. The minimum atomic E-state index is -0.597. The monoisotopic (exact) mass is 245 g/mol. The van der Waals surface area contributed by atoms with E-state index >= 15 is 0 Å². The Kier molecular flexibility index (Phi) is 4.87. The summed E-state index contributed by atoms with van der Waals surface area (Å²) < 4.78 is 0. The van der Waals surface area contributed by atoms with Crippen LogP contribution in [0.15, 0.2) is 24.3 Å². The average molecular weight is 245 g/mol. The molecule has 0 aliphatic rings. The third-order valence-corrected chi connectivity index (χ3v) is 2.68. The smallest absolute Gasteiger partial charge is 0.244 e. The number of hydrogen-bond donors (Lipinski definition) is 2. The normalized spacial score (nSPS) is 10.8. The van der Waals surface area contributed by atoms with Crippen LogP contribution in [0.5, 0.6) is 0 Å². The van der Waals surface area contributed by atoms with E-state index in [4.69, 9.17) is 5.26 Å². The van der Waals surface area contributed by atoms with E-state index in [0.29, 0.717) is 6.42 Å². The van der Waals surface area contributed by atoms with E-state index in [-0.39, 0.29) is 5.91 Å². The third-order valence-electron chi connectivity index (χ3n) is 2.68. The highest BCUT2D eigenvalue weighted by atomic mass is 16.2. The van der Waals surface area contributed by atoms with Gasteiger partial charge in [-0.2, -0.15) is 5.26 Å². The molecule has 0 saturated carbocycles. The number of nitrogens with zero attached hydrogens (tertiary/aromatic N) is 1. The van der Waals surface area contributed by atoms with Gasteiger partial charge < -0.3 is 10.6 Å². The Morgan fingerprint density at radius 3 is 2.44 bits per heavy atom. The summed E-state index contributed by atoms with van der Waals surface area (Å²) in [6, 6.07) is 9.40. The first-order valence-corrected chi connectivity index (χ1v) is 6.02. The minimum absolute atomic E-state index is 0.0719. The number of benzene rings is 1. The molecule has 0 aromatic heterocycles.